The average Bonchev–Trinajstić information content (AvgIpc) is 4.15. The Balaban J connectivity index is 1.33. The predicted molar refractivity (Wildman–Crippen MR) is 235 cm³/mol. The van der Waals surface area contributed by atoms with Crippen LogP contribution in [0.15, 0.2) is 146 Å². The van der Waals surface area contributed by atoms with Gasteiger partial charge in [-0.25, -0.2) is 4.98 Å². The minimum Gasteiger partial charge on any atom is -0.392 e. The van der Waals surface area contributed by atoms with E-state index in [-0.39, 0.29) is 25.0 Å². The van der Waals surface area contributed by atoms with E-state index in [2.05, 4.69) is 143 Å². The summed E-state index contributed by atoms with van der Waals surface area (Å²) in [6.45, 7) is 0.120. The molecule has 0 saturated carbocycles. The molecule has 286 valence electrons. The summed E-state index contributed by atoms with van der Waals surface area (Å²) < 4.78 is 2.00. The molecule has 2 unspecified atom stereocenters. The Morgan fingerprint density at radius 3 is 1.36 bits per heavy atom. The molecule has 0 radical (unpaired) electrons. The van der Waals surface area contributed by atoms with E-state index < -0.39 is 0 Å². The van der Waals surface area contributed by atoms with E-state index in [1.165, 1.54) is 0 Å². The van der Waals surface area contributed by atoms with Crippen LogP contribution in [0.3, 0.4) is 0 Å². The topological polar surface area (TPSA) is 116 Å². The fourth-order valence-electron chi connectivity index (χ4n) is 9.48. The van der Waals surface area contributed by atoms with E-state index in [0.29, 0.717) is 24.2 Å². The number of aromatic amines is 2. The molecule has 3 aliphatic heterocycles. The Morgan fingerprint density at radius 1 is 0.492 bits per heavy atom. The Labute approximate surface area is 340 Å². The van der Waals surface area contributed by atoms with E-state index in [4.69, 9.17) is 15.1 Å². The number of rotatable bonds is 6. The van der Waals surface area contributed by atoms with Gasteiger partial charge in [0.2, 0.25) is 0 Å². The second kappa shape index (κ2) is 14.4. The number of aliphatic hydroxyl groups excluding tert-OH is 2. The number of hydrogen-bond acceptors (Lipinski definition) is 5. The molecule has 0 saturated heterocycles. The fraction of sp³-hybridized carbons (Fsp3) is 0.118. The highest BCUT2D eigenvalue weighted by atomic mass is 16.3. The predicted octanol–water partition coefficient (Wildman–Crippen LogP) is 10.5. The third-order valence-electron chi connectivity index (χ3n) is 12.1. The van der Waals surface area contributed by atoms with Crippen molar-refractivity contribution in [3.8, 4) is 44.5 Å². The normalized spacial score (nSPS) is 15.6. The van der Waals surface area contributed by atoms with Gasteiger partial charge in [-0.15, -0.1) is 0 Å². The molecule has 59 heavy (non-hydrogen) atoms. The van der Waals surface area contributed by atoms with Gasteiger partial charge in [0.05, 0.1) is 48.2 Å². The third-order valence-corrected chi connectivity index (χ3v) is 12.1. The van der Waals surface area contributed by atoms with Crippen LogP contribution in [-0.2, 0) is 26.2 Å². The van der Waals surface area contributed by atoms with Gasteiger partial charge in [-0.2, -0.15) is 5.10 Å². The van der Waals surface area contributed by atoms with Crippen molar-refractivity contribution in [2.24, 2.45) is 0 Å². The van der Waals surface area contributed by atoms with Crippen LogP contribution in [0.1, 0.15) is 51.6 Å². The van der Waals surface area contributed by atoms with Crippen molar-refractivity contribution < 1.29 is 10.2 Å². The lowest BCUT2D eigenvalue weighted by molar-refractivity contribution is 0.256. The molecule has 3 aliphatic rings. The van der Waals surface area contributed by atoms with Crippen molar-refractivity contribution in [3.05, 3.63) is 185 Å². The second-order valence-electron chi connectivity index (χ2n) is 15.4. The van der Waals surface area contributed by atoms with Crippen LogP contribution in [0.5, 0.6) is 0 Å². The molecule has 7 heterocycles. The minimum absolute atomic E-state index is 0.0558. The standard InChI is InChI=1S/C51H40N6O2/c58-29-37-44(30-59)56-57-28-36-35(27-45(37)57)50-48(33-17-9-3-10-18-33)42-25-23-40(53-42)46(31-13-5-1-6-14-31)38-21-22-39(52-38)47(32-15-7-2-8-16-32)41-24-26-43(54-41)49(51(36)55-50)34-19-11-4-12-20-34/h1-26,35-36,53-54,58-59H,27-30H2. The van der Waals surface area contributed by atoms with Crippen LogP contribution < -0.4 is 0 Å². The van der Waals surface area contributed by atoms with Crippen molar-refractivity contribution in [2.45, 2.75) is 38.0 Å². The summed E-state index contributed by atoms with van der Waals surface area (Å²) in [5, 5.41) is 25.8. The molecule has 8 nitrogen and oxygen atoms in total. The highest BCUT2D eigenvalue weighted by Gasteiger charge is 2.42. The van der Waals surface area contributed by atoms with Gasteiger partial charge in [0.25, 0.3) is 0 Å². The molecule has 0 fully saturated rings. The second-order valence-corrected chi connectivity index (χ2v) is 15.4. The van der Waals surface area contributed by atoms with E-state index in [0.717, 1.165) is 95.0 Å². The molecule has 8 aromatic rings. The number of aliphatic hydroxyl groups is 2. The maximum atomic E-state index is 10.6. The van der Waals surface area contributed by atoms with E-state index in [1.807, 2.05) is 28.9 Å². The first-order chi connectivity index (χ1) is 29.2. The maximum Gasteiger partial charge on any atom is 0.0936 e. The Morgan fingerprint density at radius 2 is 0.915 bits per heavy atom. The van der Waals surface area contributed by atoms with Gasteiger partial charge in [0.1, 0.15) is 0 Å². The molecule has 2 atom stereocenters. The third kappa shape index (κ3) is 5.87. The molecular weight excluding hydrogens is 729 g/mol. The molecule has 4 N–H and O–H groups in total. The molecule has 0 spiro atoms. The number of benzene rings is 4. The Kier molecular flexibility index (Phi) is 8.53. The van der Waals surface area contributed by atoms with Crippen LogP contribution in [0.4, 0.5) is 0 Å². The van der Waals surface area contributed by atoms with Crippen molar-refractivity contribution in [1.82, 2.24) is 29.7 Å². The SMILES string of the molecule is OCc1nn2c(c1CO)CC1c3nc(c(-c4ccccc4)c4ccc([nH]4)c(-c4ccccc4)c4nc(c(-c5ccccc5)c5ccc([nH]5)c3-c3ccccc3)C=C4)C1C2. The molecule has 0 aliphatic carbocycles. The van der Waals surface area contributed by atoms with Crippen LogP contribution in [0, 0.1) is 0 Å². The van der Waals surface area contributed by atoms with Gasteiger partial charge in [0.15, 0.2) is 0 Å². The van der Waals surface area contributed by atoms with Crippen LogP contribution in [0.2, 0.25) is 0 Å². The summed E-state index contributed by atoms with van der Waals surface area (Å²) in [7, 11) is 0. The molecule has 8 heteroatoms. The number of nitrogens with one attached hydrogen (secondary N) is 2. The summed E-state index contributed by atoms with van der Waals surface area (Å²) in [5.74, 6) is -0.121. The van der Waals surface area contributed by atoms with Gasteiger partial charge in [-0.1, -0.05) is 121 Å². The zero-order chi connectivity index (χ0) is 39.5. The highest BCUT2D eigenvalue weighted by Crippen LogP contribution is 2.50. The first-order valence-electron chi connectivity index (χ1n) is 20.2. The van der Waals surface area contributed by atoms with Crippen LogP contribution in [0.25, 0.3) is 78.7 Å². The Bertz CT molecular complexity index is 3080. The van der Waals surface area contributed by atoms with Crippen LogP contribution in [-0.4, -0.2) is 39.9 Å². The fourth-order valence-corrected chi connectivity index (χ4v) is 9.48. The van der Waals surface area contributed by atoms with Gasteiger partial charge in [0, 0.05) is 67.4 Å². The number of aromatic nitrogens is 6. The van der Waals surface area contributed by atoms with Crippen molar-refractivity contribution >= 4 is 34.2 Å². The summed E-state index contributed by atoms with van der Waals surface area (Å²) in [4.78, 5) is 19.0. The molecule has 4 aromatic carbocycles. The Hall–Kier alpha value is -7.13. The highest BCUT2D eigenvalue weighted by molar-refractivity contribution is 5.97. The molecule has 4 aromatic heterocycles. The number of hydrogen-bond donors (Lipinski definition) is 4. The summed E-state index contributed by atoms with van der Waals surface area (Å²) in [6.07, 6.45) is 4.86. The van der Waals surface area contributed by atoms with Gasteiger partial charge in [-0.3, -0.25) is 9.67 Å². The summed E-state index contributed by atoms with van der Waals surface area (Å²) in [6, 6.07) is 50.7. The first-order valence-corrected chi connectivity index (χ1v) is 20.2. The average molecular weight is 769 g/mol. The van der Waals surface area contributed by atoms with Crippen molar-refractivity contribution in [3.63, 3.8) is 0 Å². The molecule has 8 bridgehead atoms. The van der Waals surface area contributed by atoms with Gasteiger partial charge < -0.3 is 20.2 Å². The molecule has 11 rings (SSSR count). The van der Waals surface area contributed by atoms with E-state index >= 15 is 0 Å². The minimum atomic E-state index is -0.234. The van der Waals surface area contributed by atoms with Crippen molar-refractivity contribution in [1.29, 1.82) is 0 Å². The lowest BCUT2D eigenvalue weighted by atomic mass is 9.79. The van der Waals surface area contributed by atoms with Gasteiger partial charge in [-0.05, 0) is 65.1 Å². The smallest absolute Gasteiger partial charge is 0.0936 e. The zero-order valence-corrected chi connectivity index (χ0v) is 32.2. The van der Waals surface area contributed by atoms with E-state index in [9.17, 15) is 10.2 Å². The zero-order valence-electron chi connectivity index (χ0n) is 32.2. The largest absolute Gasteiger partial charge is 0.392 e. The molecule has 0 amide bonds. The van der Waals surface area contributed by atoms with Gasteiger partial charge >= 0.3 is 0 Å². The lowest BCUT2D eigenvalue weighted by Crippen LogP contribution is -2.25. The molecular formula is C51H40N6O2. The summed E-state index contributed by atoms with van der Waals surface area (Å²) >= 11 is 0. The van der Waals surface area contributed by atoms with Crippen LogP contribution >= 0.6 is 0 Å². The summed E-state index contributed by atoms with van der Waals surface area (Å²) in [5.41, 5.74) is 18.0. The number of nitrogens with zero attached hydrogens (tertiary/aromatic N) is 4. The monoisotopic (exact) mass is 768 g/mol. The quantitative estimate of drug-likeness (QED) is 0.134. The number of fused-ring (bicyclic) bond motifs is 12. The maximum absolute atomic E-state index is 10.6. The lowest BCUT2D eigenvalue weighted by Gasteiger charge is -2.29. The van der Waals surface area contributed by atoms with E-state index in [1.54, 1.807) is 0 Å². The van der Waals surface area contributed by atoms with Crippen molar-refractivity contribution in [2.75, 3.05) is 0 Å². The first kappa shape index (κ1) is 35.1. The number of H-pyrrole nitrogens is 2.